The molecule has 2 aromatic rings. The Balaban J connectivity index is 1.80. The second kappa shape index (κ2) is 7.87. The molecule has 1 aliphatic rings. The van der Waals surface area contributed by atoms with Gasteiger partial charge in [0.25, 0.3) is 0 Å². The molecule has 0 bridgehead atoms. The van der Waals surface area contributed by atoms with Gasteiger partial charge in [-0.1, -0.05) is 37.6 Å². The Bertz CT molecular complexity index is 796. The van der Waals surface area contributed by atoms with Crippen molar-refractivity contribution in [1.29, 1.82) is 0 Å². The molecule has 0 radical (unpaired) electrons. The van der Waals surface area contributed by atoms with Crippen molar-refractivity contribution in [2.24, 2.45) is 0 Å². The maximum atomic E-state index is 14.4. The van der Waals surface area contributed by atoms with Gasteiger partial charge in [-0.3, -0.25) is 0 Å². The molecule has 1 unspecified atom stereocenters. The molecular weight excluding hydrogens is 363 g/mol. The molecule has 0 heterocycles. The van der Waals surface area contributed by atoms with Crippen molar-refractivity contribution in [3.05, 3.63) is 64.2 Å². The molecule has 1 atom stereocenters. The Kier molecular flexibility index (Phi) is 5.72. The number of hydrogen-bond donors (Lipinski definition) is 0. The van der Waals surface area contributed by atoms with Crippen LogP contribution < -0.4 is 4.74 Å². The third kappa shape index (κ3) is 4.60. The number of hydrogen-bond acceptors (Lipinski definition) is 1. The Morgan fingerprint density at radius 3 is 2.44 bits per heavy atom. The molecule has 0 aromatic heterocycles. The topological polar surface area (TPSA) is 9.23 Å². The van der Waals surface area contributed by atoms with Gasteiger partial charge in [0.15, 0.2) is 11.6 Å². The number of halogens is 5. The molecule has 0 N–H and O–H groups in total. The molecule has 146 valence electrons. The van der Waals surface area contributed by atoms with Gasteiger partial charge in [-0.2, -0.15) is 0 Å². The van der Waals surface area contributed by atoms with Crippen molar-refractivity contribution in [3.63, 3.8) is 0 Å². The largest absolute Gasteiger partial charge is 0.573 e. The first-order chi connectivity index (χ1) is 12.8. The van der Waals surface area contributed by atoms with Gasteiger partial charge in [0.1, 0.15) is 0 Å². The third-order valence-electron chi connectivity index (χ3n) is 5.07. The number of unbranched alkanes of at least 4 members (excludes halogenated alkanes) is 1. The van der Waals surface area contributed by atoms with Crippen molar-refractivity contribution in [2.75, 3.05) is 0 Å². The second-order valence-corrected chi connectivity index (χ2v) is 6.97. The van der Waals surface area contributed by atoms with E-state index in [0.717, 1.165) is 30.9 Å². The van der Waals surface area contributed by atoms with E-state index in [0.29, 0.717) is 18.4 Å². The molecule has 1 nitrogen and oxygen atoms in total. The minimum absolute atomic E-state index is 0.0888. The van der Waals surface area contributed by atoms with Crippen LogP contribution in [0.5, 0.6) is 5.75 Å². The van der Waals surface area contributed by atoms with E-state index in [1.165, 1.54) is 5.56 Å². The molecular formula is C21H21F5O. The first-order valence-corrected chi connectivity index (χ1v) is 9.12. The minimum Gasteiger partial charge on any atom is -0.399 e. The Hall–Kier alpha value is -2.11. The van der Waals surface area contributed by atoms with E-state index in [1.54, 1.807) is 0 Å². The summed E-state index contributed by atoms with van der Waals surface area (Å²) >= 11 is 0. The van der Waals surface area contributed by atoms with Gasteiger partial charge in [0.2, 0.25) is 5.75 Å². The summed E-state index contributed by atoms with van der Waals surface area (Å²) in [6, 6.07) is 9.19. The Morgan fingerprint density at radius 2 is 1.81 bits per heavy atom. The van der Waals surface area contributed by atoms with Crippen molar-refractivity contribution < 1.29 is 26.7 Å². The standard InChI is InChI=1S/C21H21F5O/c1-2-3-4-13-5-7-14(8-6-13)15-9-10-17-16(11-15)12-18(22)20(19(17)23)27-21(24,25)26/h5-8,12,15H,2-4,9-11H2,1H3. The SMILES string of the molecule is CCCCc1ccc(C2CCc3c(cc(F)c(OC(F)(F)F)c3F)C2)cc1. The number of alkyl halides is 3. The fourth-order valence-electron chi connectivity index (χ4n) is 3.66. The maximum absolute atomic E-state index is 14.4. The van der Waals surface area contributed by atoms with Crippen LogP contribution in [0.3, 0.4) is 0 Å². The Labute approximate surface area is 155 Å². The van der Waals surface area contributed by atoms with E-state index in [2.05, 4.69) is 23.8 Å². The van der Waals surface area contributed by atoms with Crippen LogP contribution in [-0.4, -0.2) is 6.36 Å². The zero-order valence-corrected chi connectivity index (χ0v) is 15.0. The van der Waals surface area contributed by atoms with Gasteiger partial charge in [0.05, 0.1) is 0 Å². The monoisotopic (exact) mass is 384 g/mol. The number of fused-ring (bicyclic) bond motifs is 1. The van der Waals surface area contributed by atoms with Crippen molar-refractivity contribution in [3.8, 4) is 5.75 Å². The molecule has 0 aliphatic heterocycles. The lowest BCUT2D eigenvalue weighted by Gasteiger charge is -2.26. The van der Waals surface area contributed by atoms with E-state index in [1.807, 2.05) is 12.1 Å². The van der Waals surface area contributed by atoms with Gasteiger partial charge in [-0.05, 0) is 66.3 Å². The highest BCUT2D eigenvalue weighted by atomic mass is 19.4. The summed E-state index contributed by atoms with van der Waals surface area (Å²) in [5.41, 5.74) is 2.86. The molecule has 0 fully saturated rings. The van der Waals surface area contributed by atoms with Crippen molar-refractivity contribution in [2.45, 2.75) is 57.7 Å². The molecule has 0 saturated heterocycles. The summed E-state index contributed by atoms with van der Waals surface area (Å²) in [4.78, 5) is 0. The van der Waals surface area contributed by atoms with Crippen LogP contribution in [0.2, 0.25) is 0 Å². The normalized spacial score (nSPS) is 16.9. The van der Waals surface area contributed by atoms with Gasteiger partial charge in [-0.15, -0.1) is 13.2 Å². The van der Waals surface area contributed by atoms with Crippen molar-refractivity contribution in [1.82, 2.24) is 0 Å². The first-order valence-electron chi connectivity index (χ1n) is 9.12. The van der Waals surface area contributed by atoms with E-state index >= 15 is 0 Å². The van der Waals surface area contributed by atoms with Gasteiger partial charge >= 0.3 is 6.36 Å². The number of benzene rings is 2. The zero-order chi connectivity index (χ0) is 19.6. The van der Waals surface area contributed by atoms with E-state index in [9.17, 15) is 22.0 Å². The summed E-state index contributed by atoms with van der Waals surface area (Å²) in [6.45, 7) is 2.14. The smallest absolute Gasteiger partial charge is 0.399 e. The van der Waals surface area contributed by atoms with Gasteiger partial charge in [-0.25, -0.2) is 8.78 Å². The molecule has 1 aliphatic carbocycles. The predicted molar refractivity (Wildman–Crippen MR) is 92.9 cm³/mol. The average Bonchev–Trinajstić information content (AvgIpc) is 2.62. The van der Waals surface area contributed by atoms with Crippen LogP contribution in [0.25, 0.3) is 0 Å². The predicted octanol–water partition coefficient (Wildman–Crippen LogP) is 6.48. The fraction of sp³-hybridized carbons (Fsp3) is 0.429. The van der Waals surface area contributed by atoms with E-state index in [-0.39, 0.29) is 17.9 Å². The molecule has 0 spiro atoms. The second-order valence-electron chi connectivity index (χ2n) is 6.97. The number of rotatable bonds is 5. The third-order valence-corrected chi connectivity index (χ3v) is 5.07. The molecule has 27 heavy (non-hydrogen) atoms. The van der Waals surface area contributed by atoms with Crippen LogP contribution in [0.1, 0.15) is 54.4 Å². The number of aryl methyl sites for hydroxylation is 1. The van der Waals surface area contributed by atoms with E-state index in [4.69, 9.17) is 0 Å². The van der Waals surface area contributed by atoms with Crippen molar-refractivity contribution >= 4 is 0 Å². The highest BCUT2D eigenvalue weighted by Gasteiger charge is 2.36. The molecule has 6 heteroatoms. The van der Waals surface area contributed by atoms with Crippen LogP contribution in [0, 0.1) is 11.6 Å². The van der Waals surface area contributed by atoms with Crippen LogP contribution in [0.4, 0.5) is 22.0 Å². The van der Waals surface area contributed by atoms with Crippen LogP contribution >= 0.6 is 0 Å². The first kappa shape index (κ1) is 19.6. The number of ether oxygens (including phenoxy) is 1. The average molecular weight is 384 g/mol. The van der Waals surface area contributed by atoms with Gasteiger partial charge < -0.3 is 4.74 Å². The molecule has 0 saturated carbocycles. The van der Waals surface area contributed by atoms with Crippen LogP contribution in [0.15, 0.2) is 30.3 Å². The highest BCUT2D eigenvalue weighted by molar-refractivity contribution is 5.42. The molecule has 0 amide bonds. The summed E-state index contributed by atoms with van der Waals surface area (Å²) in [5.74, 6) is -3.83. The summed E-state index contributed by atoms with van der Waals surface area (Å²) in [7, 11) is 0. The zero-order valence-electron chi connectivity index (χ0n) is 15.0. The lowest BCUT2D eigenvalue weighted by Crippen LogP contribution is -2.21. The van der Waals surface area contributed by atoms with Gasteiger partial charge in [0, 0.05) is 0 Å². The quantitative estimate of drug-likeness (QED) is 0.536. The lowest BCUT2D eigenvalue weighted by atomic mass is 9.79. The van der Waals surface area contributed by atoms with Crippen LogP contribution in [-0.2, 0) is 19.3 Å². The maximum Gasteiger partial charge on any atom is 0.573 e. The Morgan fingerprint density at radius 1 is 1.11 bits per heavy atom. The van der Waals surface area contributed by atoms with E-state index < -0.39 is 23.7 Å². The minimum atomic E-state index is -5.13. The lowest BCUT2D eigenvalue weighted by molar-refractivity contribution is -0.276. The summed E-state index contributed by atoms with van der Waals surface area (Å²) < 4.78 is 69.0. The molecule has 3 rings (SSSR count). The fourth-order valence-corrected chi connectivity index (χ4v) is 3.66. The highest BCUT2D eigenvalue weighted by Crippen LogP contribution is 2.39. The summed E-state index contributed by atoms with van der Waals surface area (Å²) in [6.07, 6.45) is -0.637. The summed E-state index contributed by atoms with van der Waals surface area (Å²) in [5, 5.41) is 0. The molecule has 2 aromatic carbocycles.